The highest BCUT2D eigenvalue weighted by molar-refractivity contribution is 5.86. The van der Waals surface area contributed by atoms with Gasteiger partial charge < -0.3 is 4.90 Å². The van der Waals surface area contributed by atoms with Crippen molar-refractivity contribution in [1.29, 1.82) is 0 Å². The van der Waals surface area contributed by atoms with Crippen molar-refractivity contribution in [2.75, 3.05) is 19.0 Å². The minimum absolute atomic E-state index is 0.109. The Labute approximate surface area is 156 Å². The zero-order valence-electron chi connectivity index (χ0n) is 16.4. The second kappa shape index (κ2) is 9.18. The van der Waals surface area contributed by atoms with Gasteiger partial charge in [0.15, 0.2) is 0 Å². The van der Waals surface area contributed by atoms with E-state index < -0.39 is 0 Å². The fourth-order valence-electron chi connectivity index (χ4n) is 2.69. The van der Waals surface area contributed by atoms with Crippen LogP contribution in [0.4, 0.5) is 5.69 Å². The van der Waals surface area contributed by atoms with Crippen LogP contribution in [0.25, 0.3) is 0 Å². The number of hydrogen-bond acceptors (Lipinski definition) is 3. The number of carbonyl (C=O) groups is 1. The molecule has 0 aliphatic rings. The monoisotopic (exact) mass is 351 g/mol. The van der Waals surface area contributed by atoms with Gasteiger partial charge >= 0.3 is 0 Å². The Morgan fingerprint density at radius 3 is 2.19 bits per heavy atom. The molecule has 138 valence electrons. The molecule has 0 heterocycles. The summed E-state index contributed by atoms with van der Waals surface area (Å²) in [6.07, 6.45) is 2.72. The lowest BCUT2D eigenvalue weighted by molar-refractivity contribution is -0.122. The first-order valence-electron chi connectivity index (χ1n) is 9.06. The molecule has 0 aliphatic heterocycles. The van der Waals surface area contributed by atoms with Gasteiger partial charge in [0.25, 0.3) is 0 Å². The third-order valence-electron chi connectivity index (χ3n) is 4.31. The molecule has 0 aromatic heterocycles. The van der Waals surface area contributed by atoms with Crippen molar-refractivity contribution in [3.05, 3.63) is 65.2 Å². The molecule has 0 saturated carbocycles. The summed E-state index contributed by atoms with van der Waals surface area (Å²) in [6.45, 7) is 6.31. The second-order valence-electron chi connectivity index (χ2n) is 7.28. The number of hydrogen-bond donors (Lipinski definition) is 1. The van der Waals surface area contributed by atoms with E-state index in [4.69, 9.17) is 0 Å². The zero-order chi connectivity index (χ0) is 19.1. The molecular formula is C22H29N3O. The van der Waals surface area contributed by atoms with Gasteiger partial charge in [0.1, 0.15) is 0 Å². The number of nitrogens with one attached hydrogen (secondary N) is 1. The smallest absolute Gasteiger partial charge is 0.247 e. The Hall–Kier alpha value is -2.62. The quantitative estimate of drug-likeness (QED) is 0.600. The van der Waals surface area contributed by atoms with E-state index in [1.165, 1.54) is 5.56 Å². The molecule has 2 aromatic carbocycles. The van der Waals surface area contributed by atoms with E-state index in [2.05, 4.69) is 36.5 Å². The van der Waals surface area contributed by atoms with Crippen LogP contribution in [0.1, 0.15) is 43.4 Å². The van der Waals surface area contributed by atoms with Crippen molar-refractivity contribution in [2.24, 2.45) is 11.0 Å². The van der Waals surface area contributed by atoms with E-state index in [1.807, 2.05) is 62.3 Å². The van der Waals surface area contributed by atoms with Crippen LogP contribution in [0, 0.1) is 5.92 Å². The highest BCUT2D eigenvalue weighted by atomic mass is 16.2. The van der Waals surface area contributed by atoms with Gasteiger partial charge in [-0.05, 0) is 48.1 Å². The van der Waals surface area contributed by atoms with Crippen LogP contribution in [0.3, 0.4) is 0 Å². The van der Waals surface area contributed by atoms with Crippen molar-refractivity contribution in [3.63, 3.8) is 0 Å². The van der Waals surface area contributed by atoms with E-state index in [0.717, 1.165) is 23.2 Å². The Morgan fingerprint density at radius 2 is 1.65 bits per heavy atom. The number of anilines is 1. The summed E-state index contributed by atoms with van der Waals surface area (Å²) < 4.78 is 0. The molecule has 2 rings (SSSR count). The predicted molar refractivity (Wildman–Crippen MR) is 110 cm³/mol. The highest BCUT2D eigenvalue weighted by Crippen LogP contribution is 2.17. The normalized spacial score (nSPS) is 12.4. The maximum atomic E-state index is 12.3. The highest BCUT2D eigenvalue weighted by Gasteiger charge is 2.14. The van der Waals surface area contributed by atoms with E-state index in [-0.39, 0.29) is 11.8 Å². The molecule has 1 amide bonds. The Morgan fingerprint density at radius 1 is 1.04 bits per heavy atom. The third kappa shape index (κ3) is 5.73. The first kappa shape index (κ1) is 19.7. The molecule has 4 heteroatoms. The lowest BCUT2D eigenvalue weighted by Gasteiger charge is -2.12. The molecule has 0 bridgehead atoms. The molecule has 26 heavy (non-hydrogen) atoms. The van der Waals surface area contributed by atoms with Crippen LogP contribution in [-0.2, 0) is 11.2 Å². The average molecular weight is 351 g/mol. The van der Waals surface area contributed by atoms with Crippen LogP contribution in [0.15, 0.2) is 53.6 Å². The fourth-order valence-corrected chi connectivity index (χ4v) is 2.69. The summed E-state index contributed by atoms with van der Waals surface area (Å²) in [4.78, 5) is 14.3. The first-order valence-corrected chi connectivity index (χ1v) is 9.06. The summed E-state index contributed by atoms with van der Waals surface area (Å²) in [5, 5.41) is 4.08. The standard InChI is InChI=1S/C22H29N3O/c1-16(2)14-18-6-10-20(11-7-18)17(3)22(26)24-23-15-19-8-12-21(13-9-19)25(4)5/h6-13,15-17H,14H2,1-5H3,(H,24,26)/t17-/m1/s1. The number of hydrazone groups is 1. The van der Waals surface area contributed by atoms with Gasteiger partial charge in [0, 0.05) is 19.8 Å². The second-order valence-corrected chi connectivity index (χ2v) is 7.28. The predicted octanol–water partition coefficient (Wildman–Crippen LogP) is 4.20. The molecule has 0 aliphatic carbocycles. The molecule has 0 unspecified atom stereocenters. The van der Waals surface area contributed by atoms with Crippen LogP contribution in [0.5, 0.6) is 0 Å². The molecule has 0 fully saturated rings. The summed E-state index contributed by atoms with van der Waals surface area (Å²) in [5.41, 5.74) is 7.01. The summed E-state index contributed by atoms with van der Waals surface area (Å²) in [5.74, 6) is 0.279. The van der Waals surface area contributed by atoms with E-state index in [0.29, 0.717) is 5.92 Å². The molecule has 0 saturated heterocycles. The molecular weight excluding hydrogens is 322 g/mol. The first-order chi connectivity index (χ1) is 12.4. The number of carbonyl (C=O) groups excluding carboxylic acids is 1. The summed E-state index contributed by atoms with van der Waals surface area (Å²) in [6, 6.07) is 16.3. The van der Waals surface area contributed by atoms with Gasteiger partial charge in [-0.25, -0.2) is 5.43 Å². The van der Waals surface area contributed by atoms with Gasteiger partial charge in [-0.15, -0.1) is 0 Å². The van der Waals surface area contributed by atoms with Crippen LogP contribution in [-0.4, -0.2) is 26.2 Å². The van der Waals surface area contributed by atoms with Crippen LogP contribution < -0.4 is 10.3 Å². The van der Waals surface area contributed by atoms with E-state index >= 15 is 0 Å². The summed E-state index contributed by atoms with van der Waals surface area (Å²) in [7, 11) is 4.00. The minimum atomic E-state index is -0.239. The van der Waals surface area contributed by atoms with Gasteiger partial charge in [-0.3, -0.25) is 4.79 Å². The largest absolute Gasteiger partial charge is 0.378 e. The third-order valence-corrected chi connectivity index (χ3v) is 4.31. The lowest BCUT2D eigenvalue weighted by Crippen LogP contribution is -2.23. The number of nitrogens with zero attached hydrogens (tertiary/aromatic N) is 2. The van der Waals surface area contributed by atoms with Gasteiger partial charge in [-0.1, -0.05) is 50.2 Å². The Bertz CT molecular complexity index is 731. The zero-order valence-corrected chi connectivity index (χ0v) is 16.4. The van der Waals surface area contributed by atoms with Crippen molar-refractivity contribution < 1.29 is 4.79 Å². The molecule has 0 spiro atoms. The molecule has 0 radical (unpaired) electrons. The van der Waals surface area contributed by atoms with Crippen LogP contribution in [0.2, 0.25) is 0 Å². The molecule has 4 nitrogen and oxygen atoms in total. The minimum Gasteiger partial charge on any atom is -0.378 e. The van der Waals surface area contributed by atoms with Gasteiger partial charge in [-0.2, -0.15) is 5.10 Å². The maximum absolute atomic E-state index is 12.3. The Kier molecular flexibility index (Phi) is 6.96. The fraction of sp³-hybridized carbons (Fsp3) is 0.364. The number of benzene rings is 2. The number of rotatable bonds is 7. The van der Waals surface area contributed by atoms with Crippen molar-refractivity contribution in [3.8, 4) is 0 Å². The molecule has 1 N–H and O–H groups in total. The van der Waals surface area contributed by atoms with Crippen molar-refractivity contribution in [1.82, 2.24) is 5.43 Å². The molecule has 2 aromatic rings. The van der Waals surface area contributed by atoms with Gasteiger partial charge in [0.05, 0.1) is 12.1 Å². The Balaban J connectivity index is 1.92. The van der Waals surface area contributed by atoms with Gasteiger partial charge in [0.2, 0.25) is 5.91 Å². The topological polar surface area (TPSA) is 44.7 Å². The van der Waals surface area contributed by atoms with Crippen LogP contribution >= 0.6 is 0 Å². The molecule has 1 atom stereocenters. The SMILES string of the molecule is CC(C)Cc1ccc([C@@H](C)C(=O)NN=Cc2ccc(N(C)C)cc2)cc1. The summed E-state index contributed by atoms with van der Waals surface area (Å²) >= 11 is 0. The number of amides is 1. The van der Waals surface area contributed by atoms with E-state index in [9.17, 15) is 4.79 Å². The lowest BCUT2D eigenvalue weighted by atomic mass is 9.96. The van der Waals surface area contributed by atoms with E-state index in [1.54, 1.807) is 6.21 Å². The van der Waals surface area contributed by atoms with Crippen molar-refractivity contribution >= 4 is 17.8 Å². The van der Waals surface area contributed by atoms with Crippen molar-refractivity contribution in [2.45, 2.75) is 33.1 Å². The average Bonchev–Trinajstić information content (AvgIpc) is 2.61. The maximum Gasteiger partial charge on any atom is 0.247 e.